The zero-order valence-electron chi connectivity index (χ0n) is 11.1. The quantitative estimate of drug-likeness (QED) is 0.802. The summed E-state index contributed by atoms with van der Waals surface area (Å²) in [6.07, 6.45) is 5.59. The lowest BCUT2D eigenvalue weighted by Crippen LogP contribution is -2.18. The monoisotopic (exact) mass is 244 g/mol. The van der Waals surface area contributed by atoms with Gasteiger partial charge in [0, 0.05) is 12.0 Å². The zero-order chi connectivity index (χ0) is 12.5. The number of benzene rings is 1. The lowest BCUT2D eigenvalue weighted by Gasteiger charge is -2.23. The topological polar surface area (TPSA) is 27.1 Å². The predicted molar refractivity (Wildman–Crippen MR) is 72.7 cm³/mol. The van der Waals surface area contributed by atoms with Gasteiger partial charge in [-0.05, 0) is 36.8 Å². The molecule has 18 heavy (non-hydrogen) atoms. The molecule has 0 bridgehead atoms. The second kappa shape index (κ2) is 4.73. The summed E-state index contributed by atoms with van der Waals surface area (Å²) in [4.78, 5) is 0. The molecule has 1 unspecified atom stereocenters. The van der Waals surface area contributed by atoms with Crippen LogP contribution in [0.25, 0.3) is 10.9 Å². The van der Waals surface area contributed by atoms with Crippen molar-refractivity contribution in [2.45, 2.75) is 45.3 Å². The second-order valence-electron chi connectivity index (χ2n) is 5.35. The largest absolute Gasteiger partial charge is 0.356 e. The van der Waals surface area contributed by atoms with Gasteiger partial charge in [0.05, 0.1) is 11.7 Å². The molecule has 0 amide bonds. The summed E-state index contributed by atoms with van der Waals surface area (Å²) in [5.41, 5.74) is 2.57. The minimum atomic E-state index is 0.124. The molecule has 2 heterocycles. The van der Waals surface area contributed by atoms with Crippen molar-refractivity contribution in [3.8, 4) is 0 Å². The molecule has 3 rings (SSSR count). The predicted octanol–water partition coefficient (Wildman–Crippen LogP) is 3.86. The zero-order valence-corrected chi connectivity index (χ0v) is 11.1. The van der Waals surface area contributed by atoms with E-state index >= 15 is 0 Å². The van der Waals surface area contributed by atoms with Crippen molar-refractivity contribution < 1.29 is 4.74 Å². The van der Waals surface area contributed by atoms with Crippen molar-refractivity contribution in [2.24, 2.45) is 0 Å². The van der Waals surface area contributed by atoms with Gasteiger partial charge in [0.2, 0.25) is 0 Å². The molecule has 1 fully saturated rings. The number of aromatic nitrogens is 2. The van der Waals surface area contributed by atoms with Gasteiger partial charge in [0.1, 0.15) is 0 Å². The van der Waals surface area contributed by atoms with Crippen LogP contribution in [0.2, 0.25) is 0 Å². The van der Waals surface area contributed by atoms with Crippen molar-refractivity contribution >= 4 is 10.9 Å². The molecule has 1 aliphatic heterocycles. The summed E-state index contributed by atoms with van der Waals surface area (Å²) in [5, 5.41) is 5.82. The van der Waals surface area contributed by atoms with Gasteiger partial charge in [0.25, 0.3) is 0 Å². The maximum atomic E-state index is 5.83. The molecule has 0 saturated carbocycles. The summed E-state index contributed by atoms with van der Waals surface area (Å²) in [7, 11) is 0. The van der Waals surface area contributed by atoms with E-state index in [9.17, 15) is 0 Å². The van der Waals surface area contributed by atoms with Gasteiger partial charge in [-0.2, -0.15) is 5.10 Å². The molecule has 3 heteroatoms. The maximum Gasteiger partial charge on any atom is 0.150 e. The molecule has 1 aromatic carbocycles. The fourth-order valence-electron chi connectivity index (χ4n) is 2.74. The Morgan fingerprint density at radius 1 is 1.33 bits per heavy atom. The molecule has 0 radical (unpaired) electrons. The number of rotatable bonds is 2. The van der Waals surface area contributed by atoms with E-state index in [4.69, 9.17) is 4.74 Å². The Morgan fingerprint density at radius 3 is 2.94 bits per heavy atom. The van der Waals surface area contributed by atoms with E-state index in [1.54, 1.807) is 0 Å². The Hall–Kier alpha value is -1.35. The third-order valence-electron chi connectivity index (χ3n) is 3.73. The number of ether oxygens (including phenoxy) is 1. The van der Waals surface area contributed by atoms with Gasteiger partial charge in [-0.3, -0.25) is 0 Å². The summed E-state index contributed by atoms with van der Waals surface area (Å²) < 4.78 is 7.89. The van der Waals surface area contributed by atoms with E-state index in [1.165, 1.54) is 29.3 Å². The third-order valence-corrected chi connectivity index (χ3v) is 3.73. The smallest absolute Gasteiger partial charge is 0.150 e. The van der Waals surface area contributed by atoms with Crippen molar-refractivity contribution in [1.29, 1.82) is 0 Å². The van der Waals surface area contributed by atoms with Crippen LogP contribution in [0.5, 0.6) is 0 Å². The molecule has 2 aromatic rings. The van der Waals surface area contributed by atoms with Crippen molar-refractivity contribution in [1.82, 2.24) is 9.78 Å². The summed E-state index contributed by atoms with van der Waals surface area (Å²) in [5.74, 6) is 0.527. The van der Waals surface area contributed by atoms with Gasteiger partial charge < -0.3 is 4.74 Å². The van der Waals surface area contributed by atoms with Gasteiger partial charge in [0.15, 0.2) is 6.23 Å². The van der Waals surface area contributed by atoms with E-state index in [2.05, 4.69) is 41.8 Å². The van der Waals surface area contributed by atoms with E-state index in [-0.39, 0.29) is 6.23 Å². The van der Waals surface area contributed by atoms with Crippen molar-refractivity contribution in [3.63, 3.8) is 0 Å². The molecule has 1 aromatic heterocycles. The summed E-state index contributed by atoms with van der Waals surface area (Å²) in [6.45, 7) is 5.31. The lowest BCUT2D eigenvalue weighted by atomic mass is 10.00. The highest BCUT2D eigenvalue weighted by atomic mass is 16.5. The Bertz CT molecular complexity index is 538. The normalized spacial score (nSPS) is 20.7. The first kappa shape index (κ1) is 11.7. The molecule has 3 nitrogen and oxygen atoms in total. The highest BCUT2D eigenvalue weighted by Crippen LogP contribution is 2.29. The first-order chi connectivity index (χ1) is 8.77. The Morgan fingerprint density at radius 2 is 2.22 bits per heavy atom. The van der Waals surface area contributed by atoms with Crippen LogP contribution < -0.4 is 0 Å². The van der Waals surface area contributed by atoms with Crippen LogP contribution in [0, 0.1) is 0 Å². The van der Waals surface area contributed by atoms with Crippen LogP contribution in [0.1, 0.15) is 50.8 Å². The highest BCUT2D eigenvalue weighted by Gasteiger charge is 2.19. The summed E-state index contributed by atoms with van der Waals surface area (Å²) in [6, 6.07) is 6.46. The highest BCUT2D eigenvalue weighted by molar-refractivity contribution is 5.82. The Kier molecular flexibility index (Phi) is 3.08. The van der Waals surface area contributed by atoms with Gasteiger partial charge in [-0.1, -0.05) is 26.0 Å². The van der Waals surface area contributed by atoms with Crippen molar-refractivity contribution in [2.75, 3.05) is 6.61 Å². The van der Waals surface area contributed by atoms with E-state index in [1.807, 2.05) is 6.20 Å². The maximum absolute atomic E-state index is 5.83. The molecule has 96 valence electrons. The second-order valence-corrected chi connectivity index (χ2v) is 5.35. The molecule has 0 N–H and O–H groups in total. The number of hydrogen-bond acceptors (Lipinski definition) is 2. The molecular weight excluding hydrogens is 224 g/mol. The number of hydrogen-bond donors (Lipinski definition) is 0. The van der Waals surface area contributed by atoms with Crippen LogP contribution in [0.4, 0.5) is 0 Å². The Labute approximate surface area is 108 Å². The molecule has 0 aliphatic carbocycles. The first-order valence-electron chi connectivity index (χ1n) is 6.85. The fourth-order valence-corrected chi connectivity index (χ4v) is 2.74. The first-order valence-corrected chi connectivity index (χ1v) is 6.85. The van der Waals surface area contributed by atoms with Crippen LogP contribution >= 0.6 is 0 Å². The van der Waals surface area contributed by atoms with Crippen LogP contribution in [-0.4, -0.2) is 16.4 Å². The van der Waals surface area contributed by atoms with Gasteiger partial charge in [-0.25, -0.2) is 4.68 Å². The minimum Gasteiger partial charge on any atom is -0.356 e. The fraction of sp³-hybridized carbons (Fsp3) is 0.533. The van der Waals surface area contributed by atoms with Gasteiger partial charge >= 0.3 is 0 Å². The Balaban J connectivity index is 2.06. The number of nitrogens with zero attached hydrogens (tertiary/aromatic N) is 2. The average Bonchev–Trinajstić information content (AvgIpc) is 2.83. The molecular formula is C15H20N2O. The molecule has 1 saturated heterocycles. The van der Waals surface area contributed by atoms with Crippen LogP contribution in [0.15, 0.2) is 24.4 Å². The average molecular weight is 244 g/mol. The lowest BCUT2D eigenvalue weighted by molar-refractivity contribution is -0.0366. The molecule has 1 atom stereocenters. The SMILES string of the molecule is CC(C)c1cccc2c1cnn2C1CCCCO1. The standard InChI is InChI=1S/C15H20N2O/c1-11(2)12-6-5-7-14-13(12)10-16-17(14)15-8-3-4-9-18-15/h5-7,10-11,15H,3-4,8-9H2,1-2H3. The van der Waals surface area contributed by atoms with Gasteiger partial charge in [-0.15, -0.1) is 0 Å². The van der Waals surface area contributed by atoms with Crippen LogP contribution in [-0.2, 0) is 4.74 Å². The van der Waals surface area contributed by atoms with E-state index < -0.39 is 0 Å². The number of fused-ring (bicyclic) bond motifs is 1. The molecule has 1 aliphatic rings. The van der Waals surface area contributed by atoms with E-state index in [0.29, 0.717) is 5.92 Å². The van der Waals surface area contributed by atoms with Crippen LogP contribution in [0.3, 0.4) is 0 Å². The summed E-state index contributed by atoms with van der Waals surface area (Å²) >= 11 is 0. The van der Waals surface area contributed by atoms with Crippen molar-refractivity contribution in [3.05, 3.63) is 30.0 Å². The molecule has 0 spiro atoms. The minimum absolute atomic E-state index is 0.124. The van der Waals surface area contributed by atoms with E-state index in [0.717, 1.165) is 13.0 Å². The third kappa shape index (κ3) is 1.93.